The Morgan fingerprint density at radius 3 is 2.43 bits per heavy atom. The first-order valence-electron chi connectivity index (χ1n) is 20.0. The molecular formula is C44H62N10. The van der Waals surface area contributed by atoms with Crippen LogP contribution in [0.15, 0.2) is 62.2 Å². The first-order valence-corrected chi connectivity index (χ1v) is 20.0. The van der Waals surface area contributed by atoms with E-state index in [-0.39, 0.29) is 0 Å². The van der Waals surface area contributed by atoms with E-state index < -0.39 is 0 Å². The Balaban J connectivity index is 1.29. The van der Waals surface area contributed by atoms with Gasteiger partial charge in [-0.15, -0.1) is 0 Å². The second-order valence-electron chi connectivity index (χ2n) is 15.6. The number of nitrogens with two attached hydrogens (primary N) is 2. The molecule has 54 heavy (non-hydrogen) atoms. The third kappa shape index (κ3) is 9.21. The lowest BCUT2D eigenvalue weighted by molar-refractivity contribution is 0.140. The van der Waals surface area contributed by atoms with Crippen LogP contribution in [0.3, 0.4) is 0 Å². The van der Waals surface area contributed by atoms with Gasteiger partial charge in [-0.05, 0) is 123 Å². The number of fused-ring (bicyclic) bond motifs is 1. The molecule has 0 radical (unpaired) electrons. The molecule has 1 saturated heterocycles. The number of likely N-dealkylation sites (tertiary alicyclic amines) is 1. The number of hydrogen-bond acceptors (Lipinski definition) is 8. The van der Waals surface area contributed by atoms with Gasteiger partial charge in [0.2, 0.25) is 5.95 Å². The molecular weight excluding hydrogens is 669 g/mol. The molecule has 2 unspecified atom stereocenters. The number of piperidine rings is 1. The molecule has 1 fully saturated rings. The molecule has 0 spiro atoms. The summed E-state index contributed by atoms with van der Waals surface area (Å²) in [5, 5.41) is 15.5. The van der Waals surface area contributed by atoms with Crippen LogP contribution in [-0.4, -0.2) is 57.0 Å². The monoisotopic (exact) mass is 731 g/mol. The Labute approximate surface area is 322 Å². The van der Waals surface area contributed by atoms with Gasteiger partial charge in [-0.25, -0.2) is 4.98 Å². The lowest BCUT2D eigenvalue weighted by Gasteiger charge is -2.35. The Morgan fingerprint density at radius 2 is 1.69 bits per heavy atom. The quantitative estimate of drug-likeness (QED) is 0.0597. The van der Waals surface area contributed by atoms with Crippen LogP contribution >= 0.6 is 0 Å². The van der Waals surface area contributed by atoms with Gasteiger partial charge in [-0.2, -0.15) is 5.10 Å². The predicted octanol–water partition coefficient (Wildman–Crippen LogP) is 8.02. The topological polar surface area (TPSA) is 127 Å². The SMILES string of the molecule is C=C(N)c1cc(N)c2c(c1)CCCCCc1cc(C(=C)NCCCN3CC(C)CC(C)C3)cc3nc(NC(=C)c4cc(C)nn4CC)n(c13)C/C=C/CN2. The number of nitrogen functional groups attached to an aromatic ring is 1. The van der Waals surface area contributed by atoms with Crippen LogP contribution in [0, 0.1) is 18.8 Å². The lowest BCUT2D eigenvalue weighted by Crippen LogP contribution is -2.39. The van der Waals surface area contributed by atoms with Gasteiger partial charge >= 0.3 is 0 Å². The summed E-state index contributed by atoms with van der Waals surface area (Å²) in [7, 11) is 0. The molecule has 288 valence electrons. The van der Waals surface area contributed by atoms with Crippen molar-refractivity contribution in [3.8, 4) is 0 Å². The van der Waals surface area contributed by atoms with E-state index in [4.69, 9.17) is 16.5 Å². The van der Waals surface area contributed by atoms with Gasteiger partial charge in [0, 0.05) is 50.7 Å². The van der Waals surface area contributed by atoms with Crippen molar-refractivity contribution in [2.75, 3.05) is 49.1 Å². The maximum absolute atomic E-state index is 6.56. The van der Waals surface area contributed by atoms with Crippen molar-refractivity contribution in [2.45, 2.75) is 85.7 Å². The van der Waals surface area contributed by atoms with Gasteiger partial charge < -0.3 is 36.9 Å². The van der Waals surface area contributed by atoms with Gasteiger partial charge in [-0.1, -0.05) is 52.2 Å². The van der Waals surface area contributed by atoms with Crippen LogP contribution in [0.2, 0.25) is 0 Å². The molecule has 0 bridgehead atoms. The van der Waals surface area contributed by atoms with Crippen molar-refractivity contribution < 1.29 is 0 Å². The van der Waals surface area contributed by atoms with E-state index in [1.807, 2.05) is 17.7 Å². The molecule has 0 amide bonds. The zero-order valence-electron chi connectivity index (χ0n) is 33.1. The van der Waals surface area contributed by atoms with E-state index >= 15 is 0 Å². The summed E-state index contributed by atoms with van der Waals surface area (Å²) >= 11 is 0. The van der Waals surface area contributed by atoms with Crippen LogP contribution in [0.1, 0.15) is 86.5 Å². The molecule has 2 aromatic heterocycles. The van der Waals surface area contributed by atoms with E-state index in [2.05, 4.69) is 107 Å². The molecule has 10 nitrogen and oxygen atoms in total. The van der Waals surface area contributed by atoms with Crippen molar-refractivity contribution in [1.29, 1.82) is 0 Å². The smallest absolute Gasteiger partial charge is 0.208 e. The highest BCUT2D eigenvalue weighted by Crippen LogP contribution is 2.32. The minimum Gasteiger partial charge on any atom is -0.399 e. The number of allylic oxidation sites excluding steroid dienone is 1. The molecule has 7 N–H and O–H groups in total. The average molecular weight is 731 g/mol. The number of hydrogen-bond donors (Lipinski definition) is 5. The maximum atomic E-state index is 6.56. The number of anilines is 3. The third-order valence-electron chi connectivity index (χ3n) is 10.8. The normalized spacial score (nSPS) is 18.9. The zero-order valence-corrected chi connectivity index (χ0v) is 33.1. The standard InChI is InChI=1S/C44H62N10/c1-8-54-41(22-31(4)51-54)34(7)49-44-50-40-26-38(33(6)47-18-14-19-52-27-29(2)21-30(3)28-52)24-36-16-11-9-10-15-35-23-37(32(5)45)25-39(46)42(35)48-17-12-13-20-53(44)43(36)40/h12-13,22-26,29-30,47-48H,5-11,14-21,27-28,45-46H2,1-4H3,(H,49,50)/b13-12+. The predicted molar refractivity (Wildman–Crippen MR) is 229 cm³/mol. The number of nitrogens with one attached hydrogen (secondary N) is 3. The van der Waals surface area contributed by atoms with Crippen molar-refractivity contribution >= 4 is 45.4 Å². The van der Waals surface area contributed by atoms with E-state index in [0.29, 0.717) is 24.5 Å². The summed E-state index contributed by atoms with van der Waals surface area (Å²) in [6, 6.07) is 10.6. The van der Waals surface area contributed by atoms with Crippen LogP contribution in [0.5, 0.6) is 0 Å². The van der Waals surface area contributed by atoms with E-state index in [1.165, 1.54) is 30.6 Å². The fourth-order valence-electron chi connectivity index (χ4n) is 8.40. The van der Waals surface area contributed by atoms with Gasteiger partial charge in [0.05, 0.1) is 39.5 Å². The van der Waals surface area contributed by atoms with Crippen molar-refractivity contribution in [3.63, 3.8) is 0 Å². The van der Waals surface area contributed by atoms with Gasteiger partial charge in [0.1, 0.15) is 0 Å². The summed E-state index contributed by atoms with van der Waals surface area (Å²) < 4.78 is 4.26. The number of benzene rings is 2. The fourth-order valence-corrected chi connectivity index (χ4v) is 8.40. The molecule has 10 heteroatoms. The van der Waals surface area contributed by atoms with Crippen LogP contribution in [0.25, 0.3) is 28.1 Å². The zero-order chi connectivity index (χ0) is 38.4. The van der Waals surface area contributed by atoms with Gasteiger partial charge in [-0.3, -0.25) is 4.68 Å². The number of rotatable bonds is 11. The minimum absolute atomic E-state index is 0.531. The van der Waals surface area contributed by atoms with Crippen molar-refractivity contribution in [2.24, 2.45) is 17.6 Å². The molecule has 0 aliphatic carbocycles. The second-order valence-corrected chi connectivity index (χ2v) is 15.6. The van der Waals surface area contributed by atoms with E-state index in [0.717, 1.165) is 127 Å². The third-order valence-corrected chi connectivity index (χ3v) is 10.8. The Bertz CT molecular complexity index is 2000. The average Bonchev–Trinajstić information content (AvgIpc) is 3.68. The largest absolute Gasteiger partial charge is 0.399 e. The number of aromatic nitrogens is 4. The van der Waals surface area contributed by atoms with Crippen LogP contribution in [-0.2, 0) is 25.9 Å². The number of aryl methyl sites for hydroxylation is 4. The number of nitrogens with zero attached hydrogens (tertiary/aromatic N) is 5. The molecule has 2 aromatic carbocycles. The van der Waals surface area contributed by atoms with Crippen LogP contribution < -0.4 is 27.4 Å². The lowest BCUT2D eigenvalue weighted by atomic mass is 9.92. The van der Waals surface area contributed by atoms with E-state index in [1.54, 1.807) is 0 Å². The summed E-state index contributed by atoms with van der Waals surface area (Å²) in [6.07, 6.45) is 11.7. The molecule has 2 aliphatic rings. The summed E-state index contributed by atoms with van der Waals surface area (Å²) in [6.45, 7) is 28.2. The summed E-state index contributed by atoms with van der Waals surface area (Å²) in [4.78, 5) is 7.87. The Kier molecular flexibility index (Phi) is 12.5. The second kappa shape index (κ2) is 17.5. The molecule has 4 aromatic rings. The fraction of sp³-hybridized carbons (Fsp3) is 0.455. The first-order chi connectivity index (χ1) is 26.0. The summed E-state index contributed by atoms with van der Waals surface area (Å²) in [5.41, 5.74) is 25.0. The summed E-state index contributed by atoms with van der Waals surface area (Å²) in [5.74, 6) is 2.30. The first kappa shape index (κ1) is 38.8. The number of imidazole rings is 1. The Hall–Kier alpha value is -4.96. The molecule has 4 heterocycles. The molecule has 2 atom stereocenters. The minimum atomic E-state index is 0.531. The molecule has 6 rings (SSSR count). The Morgan fingerprint density at radius 1 is 0.944 bits per heavy atom. The van der Waals surface area contributed by atoms with Gasteiger partial charge in [0.25, 0.3) is 0 Å². The molecule has 0 saturated carbocycles. The van der Waals surface area contributed by atoms with Crippen molar-refractivity contribution in [1.82, 2.24) is 29.5 Å². The van der Waals surface area contributed by atoms with Gasteiger partial charge in [0.15, 0.2) is 0 Å². The maximum Gasteiger partial charge on any atom is 0.208 e. The van der Waals surface area contributed by atoms with E-state index in [9.17, 15) is 0 Å². The van der Waals surface area contributed by atoms with Crippen LogP contribution in [0.4, 0.5) is 17.3 Å². The highest BCUT2D eigenvalue weighted by Gasteiger charge is 2.22. The highest BCUT2D eigenvalue weighted by atomic mass is 15.3. The van der Waals surface area contributed by atoms with Crippen molar-refractivity contribution in [3.05, 3.63) is 95.9 Å². The molecule has 2 aliphatic heterocycles. The highest BCUT2D eigenvalue weighted by molar-refractivity contribution is 5.88.